The Hall–Kier alpha value is -1.87. The minimum Gasteiger partial charge on any atom is -0.398 e. The Morgan fingerprint density at radius 3 is 2.50 bits per heavy atom. The molecule has 2 N–H and O–H groups in total. The third-order valence-electron chi connectivity index (χ3n) is 2.87. The number of hydrogen-bond donors (Lipinski definition) is 1. The first-order chi connectivity index (χ1) is 8.74. The van der Waals surface area contributed by atoms with Crippen molar-refractivity contribution in [3.05, 3.63) is 59.1 Å². The number of fused-ring (bicyclic) bond motifs is 1. The van der Waals surface area contributed by atoms with Gasteiger partial charge in [0.15, 0.2) is 0 Å². The molecule has 2 nitrogen and oxygen atoms in total. The Balaban J connectivity index is 2.25. The van der Waals surface area contributed by atoms with Crippen LogP contribution >= 0.6 is 15.9 Å². The molecular weight excluding hydrogens is 288 g/mol. The van der Waals surface area contributed by atoms with Gasteiger partial charge >= 0.3 is 0 Å². The molecule has 0 aliphatic carbocycles. The summed E-state index contributed by atoms with van der Waals surface area (Å²) in [7, 11) is 0. The zero-order chi connectivity index (χ0) is 12.5. The van der Waals surface area contributed by atoms with Crippen LogP contribution in [0.25, 0.3) is 22.2 Å². The van der Waals surface area contributed by atoms with Crippen LogP contribution in [0.5, 0.6) is 0 Å². The number of pyridine rings is 1. The number of nitrogens with two attached hydrogens (primary N) is 1. The highest BCUT2D eigenvalue weighted by molar-refractivity contribution is 9.10. The molecule has 0 aliphatic heterocycles. The van der Waals surface area contributed by atoms with Gasteiger partial charge in [0.2, 0.25) is 0 Å². The highest BCUT2D eigenvalue weighted by atomic mass is 79.9. The first-order valence-electron chi connectivity index (χ1n) is 5.65. The van der Waals surface area contributed by atoms with Crippen molar-refractivity contribution in [1.82, 2.24) is 4.98 Å². The topological polar surface area (TPSA) is 38.9 Å². The van der Waals surface area contributed by atoms with Crippen LogP contribution in [0.15, 0.2) is 59.1 Å². The lowest BCUT2D eigenvalue weighted by molar-refractivity contribution is 1.40. The third-order valence-corrected chi connectivity index (χ3v) is 3.37. The molecule has 0 unspecified atom stereocenters. The minimum atomic E-state index is 0.750. The van der Waals surface area contributed by atoms with Gasteiger partial charge in [0.1, 0.15) is 0 Å². The van der Waals surface area contributed by atoms with Gasteiger partial charge in [0.25, 0.3) is 0 Å². The zero-order valence-electron chi connectivity index (χ0n) is 9.60. The van der Waals surface area contributed by atoms with Crippen molar-refractivity contribution in [3.63, 3.8) is 0 Å². The molecule has 1 aromatic heterocycles. The van der Waals surface area contributed by atoms with Crippen molar-refractivity contribution in [2.45, 2.75) is 0 Å². The molecule has 0 atom stereocenters. The van der Waals surface area contributed by atoms with E-state index < -0.39 is 0 Å². The Morgan fingerprint density at radius 2 is 1.72 bits per heavy atom. The van der Waals surface area contributed by atoms with Crippen LogP contribution in [-0.4, -0.2) is 4.98 Å². The quantitative estimate of drug-likeness (QED) is 0.729. The Morgan fingerprint density at radius 1 is 0.944 bits per heavy atom. The summed E-state index contributed by atoms with van der Waals surface area (Å²) in [6, 6.07) is 17.9. The summed E-state index contributed by atoms with van der Waals surface area (Å²) in [5, 5.41) is 0.976. The average molecular weight is 299 g/mol. The number of anilines is 1. The SMILES string of the molecule is Nc1cc(-c2ccccc2)nc2ccc(Br)cc12. The summed E-state index contributed by atoms with van der Waals surface area (Å²) in [5.74, 6) is 0. The first-order valence-corrected chi connectivity index (χ1v) is 6.44. The second-order valence-corrected chi connectivity index (χ2v) is 5.04. The fraction of sp³-hybridized carbons (Fsp3) is 0. The predicted octanol–water partition coefficient (Wildman–Crippen LogP) is 4.25. The number of benzene rings is 2. The molecule has 3 heteroatoms. The molecular formula is C15H11BrN2. The van der Waals surface area contributed by atoms with E-state index in [1.165, 1.54) is 0 Å². The lowest BCUT2D eigenvalue weighted by atomic mass is 10.1. The van der Waals surface area contributed by atoms with Crippen LogP contribution in [0.4, 0.5) is 5.69 Å². The average Bonchev–Trinajstić information content (AvgIpc) is 2.40. The van der Waals surface area contributed by atoms with Gasteiger partial charge in [-0.1, -0.05) is 46.3 Å². The van der Waals surface area contributed by atoms with E-state index in [1.807, 2.05) is 54.6 Å². The van der Waals surface area contributed by atoms with E-state index in [1.54, 1.807) is 0 Å². The summed E-state index contributed by atoms with van der Waals surface area (Å²) in [6.45, 7) is 0. The van der Waals surface area contributed by atoms with Crippen LogP contribution < -0.4 is 5.73 Å². The molecule has 0 spiro atoms. The van der Waals surface area contributed by atoms with Gasteiger partial charge in [-0.05, 0) is 24.3 Å². The third kappa shape index (κ3) is 1.97. The minimum absolute atomic E-state index is 0.750. The number of aromatic nitrogens is 1. The molecule has 1 heterocycles. The van der Waals surface area contributed by atoms with Crippen molar-refractivity contribution < 1.29 is 0 Å². The van der Waals surface area contributed by atoms with Gasteiger partial charge in [-0.15, -0.1) is 0 Å². The fourth-order valence-electron chi connectivity index (χ4n) is 1.98. The van der Waals surface area contributed by atoms with Crippen molar-refractivity contribution in [3.8, 4) is 11.3 Å². The van der Waals surface area contributed by atoms with E-state index in [0.29, 0.717) is 0 Å². The van der Waals surface area contributed by atoms with Gasteiger partial charge in [0.05, 0.1) is 11.2 Å². The second kappa shape index (κ2) is 4.42. The maximum Gasteiger partial charge on any atom is 0.0731 e. The Bertz CT molecular complexity index is 708. The predicted molar refractivity (Wildman–Crippen MR) is 79.3 cm³/mol. The van der Waals surface area contributed by atoms with Gasteiger partial charge in [-0.3, -0.25) is 0 Å². The number of nitrogen functional groups attached to an aromatic ring is 1. The molecule has 0 saturated heterocycles. The standard InChI is InChI=1S/C15H11BrN2/c16-11-6-7-14-12(8-11)13(17)9-15(18-14)10-4-2-1-3-5-10/h1-9H,(H2,17,18). The second-order valence-electron chi connectivity index (χ2n) is 4.12. The Kier molecular flexibility index (Phi) is 2.76. The van der Waals surface area contributed by atoms with E-state index in [9.17, 15) is 0 Å². The number of nitrogens with zero attached hydrogens (tertiary/aromatic N) is 1. The van der Waals surface area contributed by atoms with Crippen LogP contribution in [0.3, 0.4) is 0 Å². The monoisotopic (exact) mass is 298 g/mol. The molecule has 18 heavy (non-hydrogen) atoms. The maximum atomic E-state index is 6.10. The Labute approximate surface area is 114 Å². The van der Waals surface area contributed by atoms with Crippen LogP contribution in [0.2, 0.25) is 0 Å². The van der Waals surface area contributed by atoms with E-state index in [0.717, 1.165) is 32.3 Å². The molecule has 0 saturated carbocycles. The van der Waals surface area contributed by atoms with Crippen molar-refractivity contribution in [2.24, 2.45) is 0 Å². The van der Waals surface area contributed by atoms with E-state index in [2.05, 4.69) is 20.9 Å². The zero-order valence-corrected chi connectivity index (χ0v) is 11.2. The highest BCUT2D eigenvalue weighted by Crippen LogP contribution is 2.28. The highest BCUT2D eigenvalue weighted by Gasteiger charge is 2.05. The smallest absolute Gasteiger partial charge is 0.0731 e. The maximum absolute atomic E-state index is 6.10. The molecule has 3 aromatic rings. The van der Waals surface area contributed by atoms with Crippen LogP contribution in [0.1, 0.15) is 0 Å². The first kappa shape index (κ1) is 11.2. The van der Waals surface area contributed by atoms with Gasteiger partial charge in [0, 0.05) is 21.1 Å². The van der Waals surface area contributed by atoms with E-state index in [4.69, 9.17) is 5.73 Å². The molecule has 0 aliphatic rings. The summed E-state index contributed by atoms with van der Waals surface area (Å²) in [4.78, 5) is 4.65. The van der Waals surface area contributed by atoms with Crippen LogP contribution in [0, 0.1) is 0 Å². The van der Waals surface area contributed by atoms with Crippen molar-refractivity contribution >= 4 is 32.5 Å². The molecule has 2 aromatic carbocycles. The lowest BCUT2D eigenvalue weighted by Gasteiger charge is -2.07. The van der Waals surface area contributed by atoms with Crippen molar-refractivity contribution in [2.75, 3.05) is 5.73 Å². The van der Waals surface area contributed by atoms with Gasteiger partial charge in [-0.25, -0.2) is 4.98 Å². The largest absolute Gasteiger partial charge is 0.398 e. The summed E-state index contributed by atoms with van der Waals surface area (Å²) < 4.78 is 1.01. The van der Waals surface area contributed by atoms with E-state index in [-0.39, 0.29) is 0 Å². The normalized spacial score (nSPS) is 10.7. The van der Waals surface area contributed by atoms with Crippen molar-refractivity contribution in [1.29, 1.82) is 0 Å². The molecule has 0 fully saturated rings. The number of halogens is 1. The molecule has 0 amide bonds. The number of rotatable bonds is 1. The molecule has 3 rings (SSSR count). The molecule has 88 valence electrons. The van der Waals surface area contributed by atoms with E-state index >= 15 is 0 Å². The van der Waals surface area contributed by atoms with Gasteiger partial charge < -0.3 is 5.73 Å². The lowest BCUT2D eigenvalue weighted by Crippen LogP contribution is -1.92. The summed E-state index contributed by atoms with van der Waals surface area (Å²) in [5.41, 5.74) is 9.75. The van der Waals surface area contributed by atoms with Gasteiger partial charge in [-0.2, -0.15) is 0 Å². The summed E-state index contributed by atoms with van der Waals surface area (Å²) in [6.07, 6.45) is 0. The number of hydrogen-bond acceptors (Lipinski definition) is 2. The van der Waals surface area contributed by atoms with Crippen LogP contribution in [-0.2, 0) is 0 Å². The fourth-order valence-corrected chi connectivity index (χ4v) is 2.34. The molecule has 0 radical (unpaired) electrons. The molecule has 0 bridgehead atoms. The summed E-state index contributed by atoms with van der Waals surface area (Å²) >= 11 is 3.45.